The Bertz CT molecular complexity index is 208. The average Bonchev–Trinajstić information content (AvgIpc) is 2.19. The molecule has 0 aromatic heterocycles. The highest BCUT2D eigenvalue weighted by atomic mass is 16.5. The Morgan fingerprint density at radius 3 is 2.86 bits per heavy atom. The number of ether oxygens (including phenoxy) is 1. The molecule has 1 saturated heterocycles. The molecule has 1 rings (SSSR count). The molecule has 0 saturated carbocycles. The van der Waals surface area contributed by atoms with Gasteiger partial charge >= 0.3 is 0 Å². The minimum atomic E-state index is -0.359. The molecule has 0 aromatic rings. The number of morpholine rings is 1. The lowest BCUT2D eigenvalue weighted by Gasteiger charge is -2.38. The van der Waals surface area contributed by atoms with Crippen LogP contribution < -0.4 is 5.73 Å². The predicted molar refractivity (Wildman–Crippen MR) is 54.9 cm³/mol. The lowest BCUT2D eigenvalue weighted by molar-refractivity contribution is -0.144. The number of hydrogen-bond acceptors (Lipinski definition) is 3. The van der Waals surface area contributed by atoms with Crippen LogP contribution in [-0.2, 0) is 9.53 Å². The molecule has 82 valence electrons. The van der Waals surface area contributed by atoms with E-state index in [9.17, 15) is 4.79 Å². The molecule has 1 amide bonds. The minimum Gasteiger partial charge on any atom is -0.375 e. The molecule has 4 heteroatoms. The van der Waals surface area contributed by atoms with Gasteiger partial charge in [0.05, 0.1) is 24.8 Å². The van der Waals surface area contributed by atoms with Gasteiger partial charge in [-0.1, -0.05) is 6.92 Å². The molecular formula is C10H20N2O2. The fraction of sp³-hybridized carbons (Fsp3) is 0.900. The maximum Gasteiger partial charge on any atom is 0.239 e. The van der Waals surface area contributed by atoms with E-state index in [2.05, 4.69) is 0 Å². The maximum absolute atomic E-state index is 11.8. The molecule has 1 fully saturated rings. The zero-order valence-electron chi connectivity index (χ0n) is 9.19. The second-order valence-corrected chi connectivity index (χ2v) is 4.00. The van der Waals surface area contributed by atoms with Gasteiger partial charge in [0, 0.05) is 6.54 Å². The topological polar surface area (TPSA) is 55.6 Å². The van der Waals surface area contributed by atoms with Gasteiger partial charge in [-0.05, 0) is 20.3 Å². The van der Waals surface area contributed by atoms with Crippen molar-refractivity contribution in [1.82, 2.24) is 4.90 Å². The third kappa shape index (κ3) is 2.45. The Kier molecular flexibility index (Phi) is 3.89. The Balaban J connectivity index is 2.60. The van der Waals surface area contributed by atoms with Crippen LogP contribution in [-0.4, -0.2) is 42.1 Å². The quantitative estimate of drug-likeness (QED) is 0.700. The van der Waals surface area contributed by atoms with E-state index in [0.717, 1.165) is 0 Å². The standard InChI is InChI=1S/C10H20N2O2/c1-4-9(11)10(13)12-5-8(3)14-6-7(12)2/h7-9H,4-6,11H2,1-3H3/t7?,8?,9-/m1/s1. The van der Waals surface area contributed by atoms with Crippen LogP contribution in [0.25, 0.3) is 0 Å². The van der Waals surface area contributed by atoms with E-state index in [-0.39, 0.29) is 24.1 Å². The minimum absolute atomic E-state index is 0.0511. The summed E-state index contributed by atoms with van der Waals surface area (Å²) < 4.78 is 5.45. The van der Waals surface area contributed by atoms with Crippen LogP contribution in [0.1, 0.15) is 27.2 Å². The molecule has 1 aliphatic rings. The number of carbonyl (C=O) groups excluding carboxylic acids is 1. The van der Waals surface area contributed by atoms with Gasteiger partial charge in [0.2, 0.25) is 5.91 Å². The van der Waals surface area contributed by atoms with Gasteiger partial charge in [0.25, 0.3) is 0 Å². The number of rotatable bonds is 2. The summed E-state index contributed by atoms with van der Waals surface area (Å²) >= 11 is 0. The number of amides is 1. The van der Waals surface area contributed by atoms with Crippen molar-refractivity contribution in [2.45, 2.75) is 45.4 Å². The molecule has 14 heavy (non-hydrogen) atoms. The Morgan fingerprint density at radius 1 is 1.64 bits per heavy atom. The van der Waals surface area contributed by atoms with Crippen molar-refractivity contribution >= 4 is 5.91 Å². The summed E-state index contributed by atoms with van der Waals surface area (Å²) in [6, 6.07) is -0.209. The van der Waals surface area contributed by atoms with Gasteiger partial charge < -0.3 is 15.4 Å². The smallest absolute Gasteiger partial charge is 0.239 e. The van der Waals surface area contributed by atoms with Crippen LogP contribution in [0.5, 0.6) is 0 Å². The van der Waals surface area contributed by atoms with E-state index in [0.29, 0.717) is 19.6 Å². The Hall–Kier alpha value is -0.610. The molecular weight excluding hydrogens is 180 g/mol. The van der Waals surface area contributed by atoms with Gasteiger partial charge in [0.1, 0.15) is 0 Å². The first-order valence-electron chi connectivity index (χ1n) is 5.24. The largest absolute Gasteiger partial charge is 0.375 e. The lowest BCUT2D eigenvalue weighted by Crippen LogP contribution is -2.54. The first-order chi connectivity index (χ1) is 6.56. The second kappa shape index (κ2) is 4.75. The highest BCUT2D eigenvalue weighted by Gasteiger charge is 2.29. The van der Waals surface area contributed by atoms with Crippen LogP contribution >= 0.6 is 0 Å². The highest BCUT2D eigenvalue weighted by molar-refractivity contribution is 5.82. The molecule has 0 bridgehead atoms. The fourth-order valence-electron chi connectivity index (χ4n) is 1.60. The van der Waals surface area contributed by atoms with Crippen molar-refractivity contribution in [3.05, 3.63) is 0 Å². The average molecular weight is 200 g/mol. The highest BCUT2D eigenvalue weighted by Crippen LogP contribution is 2.12. The van der Waals surface area contributed by atoms with Gasteiger partial charge in [-0.3, -0.25) is 4.79 Å². The van der Waals surface area contributed by atoms with Crippen molar-refractivity contribution in [3.63, 3.8) is 0 Å². The molecule has 2 unspecified atom stereocenters. The van der Waals surface area contributed by atoms with E-state index < -0.39 is 0 Å². The van der Waals surface area contributed by atoms with Gasteiger partial charge in [-0.25, -0.2) is 0 Å². The Labute approximate surface area is 85.4 Å². The molecule has 0 spiro atoms. The van der Waals surface area contributed by atoms with Crippen molar-refractivity contribution in [2.75, 3.05) is 13.2 Å². The van der Waals surface area contributed by atoms with Crippen molar-refractivity contribution in [1.29, 1.82) is 0 Å². The number of carbonyl (C=O) groups is 1. The summed E-state index contributed by atoms with van der Waals surface area (Å²) in [5.41, 5.74) is 5.72. The summed E-state index contributed by atoms with van der Waals surface area (Å²) in [5.74, 6) is 0.0511. The Morgan fingerprint density at radius 2 is 2.29 bits per heavy atom. The molecule has 3 atom stereocenters. The van der Waals surface area contributed by atoms with E-state index in [4.69, 9.17) is 10.5 Å². The van der Waals surface area contributed by atoms with Crippen molar-refractivity contribution in [2.24, 2.45) is 5.73 Å². The van der Waals surface area contributed by atoms with Crippen molar-refractivity contribution in [3.8, 4) is 0 Å². The van der Waals surface area contributed by atoms with Crippen LogP contribution in [0.4, 0.5) is 0 Å². The number of hydrogen-bond donors (Lipinski definition) is 1. The maximum atomic E-state index is 11.8. The molecule has 2 N–H and O–H groups in total. The molecule has 1 aliphatic heterocycles. The summed E-state index contributed by atoms with van der Waals surface area (Å²) in [5, 5.41) is 0. The van der Waals surface area contributed by atoms with E-state index in [1.165, 1.54) is 0 Å². The SMILES string of the molecule is CC[C@@H](N)C(=O)N1CC(C)OCC1C. The van der Waals surface area contributed by atoms with Gasteiger partial charge in [-0.2, -0.15) is 0 Å². The molecule has 1 heterocycles. The number of nitrogens with two attached hydrogens (primary N) is 1. The summed E-state index contributed by atoms with van der Waals surface area (Å²) in [7, 11) is 0. The fourth-order valence-corrected chi connectivity index (χ4v) is 1.60. The van der Waals surface area contributed by atoms with Gasteiger partial charge in [-0.15, -0.1) is 0 Å². The van der Waals surface area contributed by atoms with E-state index in [1.807, 2.05) is 25.7 Å². The van der Waals surface area contributed by atoms with E-state index >= 15 is 0 Å². The molecule has 0 radical (unpaired) electrons. The lowest BCUT2D eigenvalue weighted by atomic mass is 10.1. The number of nitrogens with zero attached hydrogens (tertiary/aromatic N) is 1. The zero-order valence-corrected chi connectivity index (χ0v) is 9.19. The van der Waals surface area contributed by atoms with Gasteiger partial charge in [0.15, 0.2) is 0 Å². The third-order valence-corrected chi connectivity index (χ3v) is 2.65. The molecule has 0 aromatic carbocycles. The third-order valence-electron chi connectivity index (χ3n) is 2.65. The van der Waals surface area contributed by atoms with E-state index in [1.54, 1.807) is 0 Å². The molecule has 4 nitrogen and oxygen atoms in total. The summed E-state index contributed by atoms with van der Waals surface area (Å²) in [6.45, 7) is 7.17. The van der Waals surface area contributed by atoms with Crippen LogP contribution in [0.3, 0.4) is 0 Å². The monoisotopic (exact) mass is 200 g/mol. The van der Waals surface area contributed by atoms with Crippen LogP contribution in [0, 0.1) is 0 Å². The van der Waals surface area contributed by atoms with Crippen LogP contribution in [0.15, 0.2) is 0 Å². The zero-order chi connectivity index (χ0) is 10.7. The second-order valence-electron chi connectivity index (χ2n) is 4.00. The van der Waals surface area contributed by atoms with Crippen LogP contribution in [0.2, 0.25) is 0 Å². The summed E-state index contributed by atoms with van der Waals surface area (Å²) in [6.07, 6.45) is 0.816. The predicted octanol–water partition coefficient (Wildman–Crippen LogP) is 0.359. The molecule has 0 aliphatic carbocycles. The normalized spacial score (nSPS) is 30.1. The van der Waals surface area contributed by atoms with Crippen molar-refractivity contribution < 1.29 is 9.53 Å². The summed E-state index contributed by atoms with van der Waals surface area (Å²) in [4.78, 5) is 13.7. The first-order valence-corrected chi connectivity index (χ1v) is 5.24. The first kappa shape index (κ1) is 11.5.